The molecule has 0 saturated carbocycles. The molecule has 26 heavy (non-hydrogen) atoms. The Hall–Kier alpha value is -2.29. The van der Waals surface area contributed by atoms with Crippen LogP contribution in [0, 0.1) is 3.57 Å². The van der Waals surface area contributed by atoms with Crippen molar-refractivity contribution < 1.29 is 23.8 Å². The minimum atomic E-state index is -0.492. The molecule has 0 bridgehead atoms. The lowest BCUT2D eigenvalue weighted by molar-refractivity contribution is -0.147. The third-order valence-electron chi connectivity index (χ3n) is 3.20. The minimum absolute atomic E-state index is 0.0595. The van der Waals surface area contributed by atoms with E-state index in [0.29, 0.717) is 18.0 Å². The van der Waals surface area contributed by atoms with E-state index in [-0.39, 0.29) is 25.5 Å². The van der Waals surface area contributed by atoms with Crippen molar-refractivity contribution in [2.75, 3.05) is 25.1 Å². The molecule has 2 rings (SSSR count). The highest BCUT2D eigenvalue weighted by Crippen LogP contribution is 2.17. The number of carbonyl (C=O) groups is 2. The van der Waals surface area contributed by atoms with Gasteiger partial charge in [-0.05, 0) is 78.0 Å². The molecule has 7 heteroatoms. The molecule has 0 spiro atoms. The topological polar surface area (TPSA) is 73.9 Å². The number of anilines is 1. The first-order valence-corrected chi connectivity index (χ1v) is 9.21. The number of hydrogen-bond donors (Lipinski definition) is 1. The number of amides is 1. The predicted octanol–water partition coefficient (Wildman–Crippen LogP) is 3.64. The third-order valence-corrected chi connectivity index (χ3v) is 3.92. The smallest absolute Gasteiger partial charge is 0.309 e. The molecule has 2 aromatic rings. The first kappa shape index (κ1) is 20.0. The molecule has 6 nitrogen and oxygen atoms in total. The number of rotatable bonds is 9. The maximum atomic E-state index is 11.7. The highest BCUT2D eigenvalue weighted by molar-refractivity contribution is 14.1. The van der Waals surface area contributed by atoms with E-state index in [9.17, 15) is 9.59 Å². The molecule has 0 heterocycles. The van der Waals surface area contributed by atoms with Gasteiger partial charge < -0.3 is 19.5 Å². The molecular weight excluding hydrogens is 449 g/mol. The second-order valence-electron chi connectivity index (χ2n) is 5.22. The van der Waals surface area contributed by atoms with Gasteiger partial charge in [0.05, 0.1) is 19.6 Å². The van der Waals surface area contributed by atoms with Crippen molar-refractivity contribution in [1.29, 1.82) is 0 Å². The molecule has 2 aromatic carbocycles. The number of esters is 1. The van der Waals surface area contributed by atoms with Crippen molar-refractivity contribution in [2.45, 2.75) is 13.3 Å². The molecule has 1 N–H and O–H groups in total. The van der Waals surface area contributed by atoms with Gasteiger partial charge in [-0.3, -0.25) is 9.59 Å². The van der Waals surface area contributed by atoms with Gasteiger partial charge in [-0.1, -0.05) is 0 Å². The summed E-state index contributed by atoms with van der Waals surface area (Å²) in [5, 5.41) is 2.66. The summed E-state index contributed by atoms with van der Waals surface area (Å²) in [5.74, 6) is 0.525. The van der Waals surface area contributed by atoms with Crippen LogP contribution in [0.3, 0.4) is 0 Å². The van der Waals surface area contributed by atoms with Crippen LogP contribution in [0.5, 0.6) is 11.5 Å². The van der Waals surface area contributed by atoms with E-state index in [1.54, 1.807) is 36.4 Å². The number of ether oxygens (including phenoxy) is 3. The number of carbonyl (C=O) groups excluding carboxylic acids is 2. The molecule has 0 saturated heterocycles. The SMILES string of the molecule is CCOc1ccc(OCCC(=O)OCC(=O)Nc2ccc(I)cc2)cc1. The van der Waals surface area contributed by atoms with Gasteiger partial charge in [0, 0.05) is 9.26 Å². The fraction of sp³-hybridized carbons (Fsp3) is 0.263. The lowest BCUT2D eigenvalue weighted by Gasteiger charge is -2.08. The Balaban J connectivity index is 1.63. The summed E-state index contributed by atoms with van der Waals surface area (Å²) >= 11 is 2.18. The van der Waals surface area contributed by atoms with Crippen molar-refractivity contribution in [3.8, 4) is 11.5 Å². The highest BCUT2D eigenvalue weighted by Gasteiger charge is 2.08. The van der Waals surface area contributed by atoms with Crippen LogP contribution >= 0.6 is 22.6 Å². The Kier molecular flexibility index (Phi) is 8.20. The third kappa shape index (κ3) is 7.30. The molecular formula is C19H20INO5. The summed E-state index contributed by atoms with van der Waals surface area (Å²) in [6.07, 6.45) is 0.0595. The van der Waals surface area contributed by atoms with Crippen molar-refractivity contribution in [3.05, 3.63) is 52.1 Å². The van der Waals surface area contributed by atoms with Crippen LogP contribution in [-0.2, 0) is 14.3 Å². The minimum Gasteiger partial charge on any atom is -0.494 e. The van der Waals surface area contributed by atoms with Crippen LogP contribution < -0.4 is 14.8 Å². The lowest BCUT2D eigenvalue weighted by atomic mass is 10.3. The summed E-state index contributed by atoms with van der Waals surface area (Å²) in [6, 6.07) is 14.5. The van der Waals surface area contributed by atoms with Gasteiger partial charge in [-0.2, -0.15) is 0 Å². The van der Waals surface area contributed by atoms with E-state index >= 15 is 0 Å². The van der Waals surface area contributed by atoms with Gasteiger partial charge in [-0.25, -0.2) is 0 Å². The van der Waals surface area contributed by atoms with E-state index < -0.39 is 5.97 Å². The van der Waals surface area contributed by atoms with Gasteiger partial charge in [0.2, 0.25) is 0 Å². The average molecular weight is 469 g/mol. The Morgan fingerprint density at radius 2 is 1.58 bits per heavy atom. The summed E-state index contributed by atoms with van der Waals surface area (Å²) < 4.78 is 16.8. The normalized spacial score (nSPS) is 10.1. The molecule has 0 fully saturated rings. The number of hydrogen-bond acceptors (Lipinski definition) is 5. The van der Waals surface area contributed by atoms with Crippen LogP contribution in [-0.4, -0.2) is 31.7 Å². The molecule has 138 valence electrons. The fourth-order valence-corrected chi connectivity index (χ4v) is 2.36. The Labute approximate surface area is 166 Å². The maximum absolute atomic E-state index is 11.7. The zero-order chi connectivity index (χ0) is 18.8. The quantitative estimate of drug-likeness (QED) is 0.449. The Morgan fingerprint density at radius 3 is 2.19 bits per heavy atom. The number of halogens is 1. The second-order valence-corrected chi connectivity index (χ2v) is 6.46. The molecule has 0 aliphatic heterocycles. The van der Waals surface area contributed by atoms with Crippen LogP contribution in [0.15, 0.2) is 48.5 Å². The molecule has 0 radical (unpaired) electrons. The summed E-state index contributed by atoms with van der Waals surface area (Å²) in [4.78, 5) is 23.4. The molecule has 0 aliphatic rings. The fourth-order valence-electron chi connectivity index (χ4n) is 2.00. The zero-order valence-corrected chi connectivity index (χ0v) is 16.5. The van der Waals surface area contributed by atoms with Crippen molar-refractivity contribution >= 4 is 40.2 Å². The number of benzene rings is 2. The van der Waals surface area contributed by atoms with E-state index in [1.807, 2.05) is 19.1 Å². The number of nitrogens with one attached hydrogen (secondary N) is 1. The van der Waals surface area contributed by atoms with E-state index in [4.69, 9.17) is 14.2 Å². The first-order valence-electron chi connectivity index (χ1n) is 8.13. The first-order chi connectivity index (χ1) is 12.6. The molecule has 0 unspecified atom stereocenters. The monoisotopic (exact) mass is 469 g/mol. The summed E-state index contributed by atoms with van der Waals surface area (Å²) in [5.41, 5.74) is 0.658. The van der Waals surface area contributed by atoms with Gasteiger partial charge in [-0.15, -0.1) is 0 Å². The lowest BCUT2D eigenvalue weighted by Crippen LogP contribution is -2.21. The van der Waals surface area contributed by atoms with Crippen LogP contribution in [0.2, 0.25) is 0 Å². The molecule has 0 aliphatic carbocycles. The largest absolute Gasteiger partial charge is 0.494 e. The van der Waals surface area contributed by atoms with Crippen molar-refractivity contribution in [3.63, 3.8) is 0 Å². The average Bonchev–Trinajstić information content (AvgIpc) is 2.64. The van der Waals surface area contributed by atoms with Gasteiger partial charge in [0.1, 0.15) is 11.5 Å². The standard InChI is InChI=1S/C19H20INO5/c1-2-24-16-7-9-17(10-8-16)25-12-11-19(23)26-13-18(22)21-15-5-3-14(20)4-6-15/h3-10H,2,11-13H2,1H3,(H,21,22). The Morgan fingerprint density at radius 1 is 0.962 bits per heavy atom. The zero-order valence-electron chi connectivity index (χ0n) is 14.4. The van der Waals surface area contributed by atoms with Crippen LogP contribution in [0.4, 0.5) is 5.69 Å². The van der Waals surface area contributed by atoms with E-state index in [0.717, 1.165) is 9.32 Å². The van der Waals surface area contributed by atoms with Gasteiger partial charge >= 0.3 is 5.97 Å². The van der Waals surface area contributed by atoms with Crippen LogP contribution in [0.25, 0.3) is 0 Å². The second kappa shape index (κ2) is 10.6. The van der Waals surface area contributed by atoms with Gasteiger partial charge in [0.15, 0.2) is 6.61 Å². The van der Waals surface area contributed by atoms with Crippen LogP contribution in [0.1, 0.15) is 13.3 Å². The maximum Gasteiger partial charge on any atom is 0.309 e. The van der Waals surface area contributed by atoms with Crippen molar-refractivity contribution in [1.82, 2.24) is 0 Å². The van der Waals surface area contributed by atoms with E-state index in [2.05, 4.69) is 27.9 Å². The molecule has 0 aromatic heterocycles. The van der Waals surface area contributed by atoms with Crippen molar-refractivity contribution in [2.24, 2.45) is 0 Å². The summed E-state index contributed by atoms with van der Waals surface area (Å²) in [6.45, 7) is 2.36. The molecule has 0 atom stereocenters. The molecule has 1 amide bonds. The predicted molar refractivity (Wildman–Crippen MR) is 106 cm³/mol. The highest BCUT2D eigenvalue weighted by atomic mass is 127. The Bertz CT molecular complexity index is 716. The summed E-state index contributed by atoms with van der Waals surface area (Å²) in [7, 11) is 0. The van der Waals surface area contributed by atoms with E-state index in [1.165, 1.54) is 0 Å². The van der Waals surface area contributed by atoms with Gasteiger partial charge in [0.25, 0.3) is 5.91 Å².